The van der Waals surface area contributed by atoms with E-state index in [1.807, 2.05) is 18.9 Å². The lowest BCUT2D eigenvalue weighted by atomic mass is 9.96. The molecule has 0 atom stereocenters. The van der Waals surface area contributed by atoms with Gasteiger partial charge >= 0.3 is 0 Å². The first kappa shape index (κ1) is 22.6. The normalized spacial score (nSPS) is 15.3. The van der Waals surface area contributed by atoms with Crippen LogP contribution in [0.1, 0.15) is 47.1 Å². The third-order valence-corrected chi connectivity index (χ3v) is 5.00. The van der Waals surface area contributed by atoms with Crippen molar-refractivity contribution in [1.29, 1.82) is 0 Å². The summed E-state index contributed by atoms with van der Waals surface area (Å²) >= 11 is 1.55. The van der Waals surface area contributed by atoms with Crippen LogP contribution in [-0.4, -0.2) is 42.5 Å². The summed E-state index contributed by atoms with van der Waals surface area (Å²) in [6.07, 6.45) is 3.09. The number of hydrogen-bond donors (Lipinski definition) is 1. The molecule has 7 heteroatoms. The molecule has 0 radical (unpaired) electrons. The van der Waals surface area contributed by atoms with Crippen LogP contribution < -0.4 is 5.32 Å². The lowest BCUT2D eigenvalue weighted by Gasteiger charge is -2.31. The van der Waals surface area contributed by atoms with Crippen LogP contribution in [0, 0.1) is 18.8 Å². The monoisotopic (exact) mass is 381 g/mol. The van der Waals surface area contributed by atoms with Gasteiger partial charge in [-0.05, 0) is 51.6 Å². The van der Waals surface area contributed by atoms with E-state index in [0.717, 1.165) is 54.5 Å². The molecule has 2 rings (SSSR count). The number of nitrogens with zero attached hydrogens (tertiary/aromatic N) is 2. The summed E-state index contributed by atoms with van der Waals surface area (Å²) in [5.74, 6) is 1.43. The molecule has 1 amide bonds. The van der Waals surface area contributed by atoms with Crippen molar-refractivity contribution < 1.29 is 4.79 Å². The number of piperidine rings is 1. The van der Waals surface area contributed by atoms with Crippen LogP contribution in [-0.2, 0) is 6.42 Å². The Bertz CT molecular complexity index is 486. The summed E-state index contributed by atoms with van der Waals surface area (Å²) in [4.78, 5) is 20.2. The third kappa shape index (κ3) is 6.22. The van der Waals surface area contributed by atoms with Gasteiger partial charge in [0.05, 0.1) is 10.7 Å². The Morgan fingerprint density at radius 1 is 1.35 bits per heavy atom. The summed E-state index contributed by atoms with van der Waals surface area (Å²) in [6.45, 7) is 9.15. The molecule has 2 heterocycles. The average molecular weight is 382 g/mol. The van der Waals surface area contributed by atoms with Crippen molar-refractivity contribution >= 4 is 42.1 Å². The highest BCUT2D eigenvalue weighted by Crippen LogP contribution is 2.25. The number of nitrogens with one attached hydrogen (secondary N) is 1. The van der Waals surface area contributed by atoms with E-state index < -0.39 is 0 Å². The largest absolute Gasteiger partial charge is 0.338 e. The van der Waals surface area contributed by atoms with Gasteiger partial charge in [-0.25, -0.2) is 4.98 Å². The summed E-state index contributed by atoms with van der Waals surface area (Å²) < 4.78 is 0. The summed E-state index contributed by atoms with van der Waals surface area (Å²) in [5, 5.41) is 4.23. The smallest absolute Gasteiger partial charge is 0.265 e. The average Bonchev–Trinajstić information content (AvgIpc) is 2.79. The van der Waals surface area contributed by atoms with Crippen LogP contribution in [0.4, 0.5) is 0 Å². The van der Waals surface area contributed by atoms with E-state index in [4.69, 9.17) is 0 Å². The fourth-order valence-corrected chi connectivity index (χ4v) is 3.85. The molecular weight excluding hydrogens is 353 g/mol. The topological polar surface area (TPSA) is 45.2 Å². The van der Waals surface area contributed by atoms with Crippen LogP contribution in [0.3, 0.4) is 0 Å². The number of aromatic nitrogens is 1. The summed E-state index contributed by atoms with van der Waals surface area (Å²) in [7, 11) is 2.00. The SMILES string of the molecule is CNCC1CCN(C(=O)c2sc(C)nc2CC(C)C)CC1.Cl.Cl. The molecule has 0 saturated carbocycles. The maximum Gasteiger partial charge on any atom is 0.265 e. The second-order valence-electron chi connectivity index (χ2n) is 6.40. The zero-order valence-corrected chi connectivity index (χ0v) is 16.9. The lowest BCUT2D eigenvalue weighted by Crippen LogP contribution is -2.40. The number of halogens is 2. The highest BCUT2D eigenvalue weighted by molar-refractivity contribution is 7.13. The molecule has 1 saturated heterocycles. The second-order valence-corrected chi connectivity index (χ2v) is 7.60. The lowest BCUT2D eigenvalue weighted by molar-refractivity contribution is 0.0694. The van der Waals surface area contributed by atoms with Crippen molar-refractivity contribution in [1.82, 2.24) is 15.2 Å². The van der Waals surface area contributed by atoms with Crippen molar-refractivity contribution in [2.75, 3.05) is 26.7 Å². The number of carbonyl (C=O) groups is 1. The van der Waals surface area contributed by atoms with Crippen molar-refractivity contribution in [3.05, 3.63) is 15.6 Å². The second kappa shape index (κ2) is 10.5. The van der Waals surface area contributed by atoms with Gasteiger partial charge in [0.1, 0.15) is 4.88 Å². The van der Waals surface area contributed by atoms with Crippen LogP contribution in [0.2, 0.25) is 0 Å². The van der Waals surface area contributed by atoms with E-state index in [2.05, 4.69) is 24.1 Å². The number of rotatable bonds is 5. The predicted molar refractivity (Wildman–Crippen MR) is 102 cm³/mol. The Labute approximate surface area is 156 Å². The molecular formula is C16H29Cl2N3OS. The number of aryl methyl sites for hydroxylation is 1. The van der Waals surface area contributed by atoms with Crippen molar-refractivity contribution in [2.45, 2.75) is 40.0 Å². The fraction of sp³-hybridized carbons (Fsp3) is 0.750. The molecule has 1 aromatic rings. The third-order valence-electron chi connectivity index (χ3n) is 3.99. The van der Waals surface area contributed by atoms with Gasteiger partial charge in [0, 0.05) is 13.1 Å². The van der Waals surface area contributed by atoms with Crippen LogP contribution in [0.5, 0.6) is 0 Å². The van der Waals surface area contributed by atoms with Crippen molar-refractivity contribution in [2.24, 2.45) is 11.8 Å². The maximum absolute atomic E-state index is 12.8. The molecule has 23 heavy (non-hydrogen) atoms. The van der Waals surface area contributed by atoms with Gasteiger partial charge in [-0.3, -0.25) is 4.79 Å². The minimum absolute atomic E-state index is 0. The molecule has 0 aliphatic carbocycles. The van der Waals surface area contributed by atoms with E-state index in [9.17, 15) is 4.79 Å². The van der Waals surface area contributed by atoms with Gasteiger partial charge < -0.3 is 10.2 Å². The van der Waals surface area contributed by atoms with E-state index in [1.54, 1.807) is 11.3 Å². The highest BCUT2D eigenvalue weighted by Gasteiger charge is 2.26. The molecule has 134 valence electrons. The zero-order chi connectivity index (χ0) is 15.4. The Hall–Kier alpha value is -0.360. The van der Waals surface area contributed by atoms with Gasteiger partial charge in [-0.2, -0.15) is 0 Å². The number of likely N-dealkylation sites (tertiary alicyclic amines) is 1. The molecule has 1 aliphatic rings. The van der Waals surface area contributed by atoms with Gasteiger partial charge in [-0.1, -0.05) is 13.8 Å². The first-order valence-corrected chi connectivity index (χ1v) is 8.73. The minimum Gasteiger partial charge on any atom is -0.338 e. The predicted octanol–water partition coefficient (Wildman–Crippen LogP) is 3.57. The molecule has 1 aromatic heterocycles. The molecule has 4 nitrogen and oxygen atoms in total. The first-order chi connectivity index (χ1) is 10.0. The van der Waals surface area contributed by atoms with E-state index >= 15 is 0 Å². The van der Waals surface area contributed by atoms with Crippen LogP contribution >= 0.6 is 36.2 Å². The molecule has 0 bridgehead atoms. The Morgan fingerprint density at radius 3 is 2.48 bits per heavy atom. The van der Waals surface area contributed by atoms with Gasteiger partial charge in [0.15, 0.2) is 0 Å². The van der Waals surface area contributed by atoms with E-state index in [1.165, 1.54) is 0 Å². The van der Waals surface area contributed by atoms with E-state index in [0.29, 0.717) is 11.8 Å². The number of thiazole rings is 1. The quantitative estimate of drug-likeness (QED) is 0.847. The zero-order valence-electron chi connectivity index (χ0n) is 14.4. The Kier molecular flexibility index (Phi) is 10.3. The molecule has 0 unspecified atom stereocenters. The molecule has 1 fully saturated rings. The number of carbonyl (C=O) groups excluding carboxylic acids is 1. The fourth-order valence-electron chi connectivity index (χ4n) is 2.93. The number of hydrogen-bond acceptors (Lipinski definition) is 4. The van der Waals surface area contributed by atoms with Crippen molar-refractivity contribution in [3.63, 3.8) is 0 Å². The summed E-state index contributed by atoms with van der Waals surface area (Å²) in [5.41, 5.74) is 0.995. The Morgan fingerprint density at radius 2 is 1.96 bits per heavy atom. The number of amides is 1. The first-order valence-electron chi connectivity index (χ1n) is 7.91. The molecule has 0 aromatic carbocycles. The minimum atomic E-state index is 0. The van der Waals surface area contributed by atoms with Gasteiger partial charge in [-0.15, -0.1) is 36.2 Å². The van der Waals surface area contributed by atoms with E-state index in [-0.39, 0.29) is 30.7 Å². The summed E-state index contributed by atoms with van der Waals surface area (Å²) in [6, 6.07) is 0. The standard InChI is InChI=1S/C16H27N3OS.2ClH/c1-11(2)9-14-15(21-12(3)18-14)16(20)19-7-5-13(6-8-19)10-17-4;;/h11,13,17H,5-10H2,1-4H3;2*1H. The molecule has 0 spiro atoms. The van der Waals surface area contributed by atoms with Crippen LogP contribution in [0.25, 0.3) is 0 Å². The van der Waals surface area contributed by atoms with Crippen molar-refractivity contribution in [3.8, 4) is 0 Å². The Balaban J connectivity index is 0.00000242. The molecule has 1 N–H and O–H groups in total. The highest BCUT2D eigenvalue weighted by atomic mass is 35.5. The van der Waals surface area contributed by atoms with Gasteiger partial charge in [0.2, 0.25) is 0 Å². The van der Waals surface area contributed by atoms with Gasteiger partial charge in [0.25, 0.3) is 5.91 Å². The maximum atomic E-state index is 12.8. The molecule has 1 aliphatic heterocycles. The van der Waals surface area contributed by atoms with Crippen LogP contribution in [0.15, 0.2) is 0 Å².